The van der Waals surface area contributed by atoms with Gasteiger partial charge >= 0.3 is 11.9 Å². The number of hydrogen-bond donors (Lipinski definition) is 8. The molecule has 13 nitrogen and oxygen atoms in total. The molecule has 1 rings (SSSR count). The summed E-state index contributed by atoms with van der Waals surface area (Å²) in [5.74, 6) is -3.61. The molecule has 1 aliphatic heterocycles. The lowest BCUT2D eigenvalue weighted by molar-refractivity contribution is -0.139. The quantitative estimate of drug-likeness (QED) is 0.176. The second kappa shape index (κ2) is 12.5. The molecule has 8 N–H and O–H groups in total. The van der Waals surface area contributed by atoms with Crippen LogP contribution in [0.1, 0.15) is 12.8 Å². The van der Waals surface area contributed by atoms with E-state index >= 15 is 0 Å². The molecule has 1 saturated heterocycles. The molecule has 0 aromatic heterocycles. The molecule has 0 saturated carbocycles. The minimum atomic E-state index is -1.22. The second-order valence-electron chi connectivity index (χ2n) is 5.65. The third-order valence-corrected chi connectivity index (χ3v) is 3.63. The lowest BCUT2D eigenvalue weighted by atomic mass is 10.1. The largest absolute Gasteiger partial charge is 0.480 e. The molecule has 1 fully saturated rings. The summed E-state index contributed by atoms with van der Waals surface area (Å²) in [5, 5.41) is 30.7. The first-order chi connectivity index (χ1) is 13.0. The van der Waals surface area contributed by atoms with E-state index in [0.717, 1.165) is 0 Å². The Morgan fingerprint density at radius 2 is 1.96 bits per heavy atom. The number of thiol groups is 1. The number of carboxylic acid groups (broad SMARTS) is 2. The Morgan fingerprint density at radius 3 is 2.32 bits per heavy atom. The Balaban J connectivity index is 0.000000749. The van der Waals surface area contributed by atoms with Gasteiger partial charge in [-0.15, -0.1) is 0 Å². The molecule has 0 aliphatic carbocycles. The molecule has 0 bridgehead atoms. The number of carbonyl (C=O) groups excluding carboxylic acids is 3. The first kappa shape index (κ1) is 25.1. The summed E-state index contributed by atoms with van der Waals surface area (Å²) in [7, 11) is 1.69. The van der Waals surface area contributed by atoms with Gasteiger partial charge in [0.15, 0.2) is 5.96 Å². The molecule has 0 aromatic rings. The van der Waals surface area contributed by atoms with E-state index < -0.39 is 42.4 Å². The number of carboxylic acids is 2. The van der Waals surface area contributed by atoms with Crippen LogP contribution < -0.4 is 21.7 Å². The SMILES string of the molecule is CN1CC(=O)NC1=N.N[C@@H](CCC(=O)N[C@@H](CS)C(=O)NCC(=O)O)C(=O)O. The van der Waals surface area contributed by atoms with Crippen LogP contribution in [0, 0.1) is 5.41 Å². The molecular weight excluding hydrogens is 396 g/mol. The number of amides is 3. The Bertz CT molecular complexity index is 629. The van der Waals surface area contributed by atoms with Crippen molar-refractivity contribution in [2.24, 2.45) is 5.73 Å². The number of nitrogens with zero attached hydrogens (tertiary/aromatic N) is 1. The smallest absolute Gasteiger partial charge is 0.322 e. The fraction of sp³-hybridized carbons (Fsp3) is 0.571. The van der Waals surface area contributed by atoms with E-state index in [-0.39, 0.29) is 30.5 Å². The molecule has 1 heterocycles. The van der Waals surface area contributed by atoms with Crippen LogP contribution in [0.25, 0.3) is 0 Å². The lowest BCUT2D eigenvalue weighted by Crippen LogP contribution is -2.49. The van der Waals surface area contributed by atoms with Crippen LogP contribution in [0.4, 0.5) is 0 Å². The number of nitrogens with two attached hydrogens (primary N) is 1. The van der Waals surface area contributed by atoms with Crippen LogP contribution in [0.2, 0.25) is 0 Å². The fourth-order valence-electron chi connectivity index (χ4n) is 1.72. The van der Waals surface area contributed by atoms with Crippen LogP contribution >= 0.6 is 12.6 Å². The van der Waals surface area contributed by atoms with Crippen molar-refractivity contribution < 1.29 is 34.2 Å². The van der Waals surface area contributed by atoms with Crippen molar-refractivity contribution in [1.82, 2.24) is 20.9 Å². The first-order valence-corrected chi connectivity index (χ1v) is 8.58. The second-order valence-corrected chi connectivity index (χ2v) is 6.02. The van der Waals surface area contributed by atoms with E-state index in [9.17, 15) is 24.0 Å². The van der Waals surface area contributed by atoms with Gasteiger partial charge < -0.3 is 31.5 Å². The van der Waals surface area contributed by atoms with Crippen molar-refractivity contribution in [3.8, 4) is 0 Å². The van der Waals surface area contributed by atoms with Gasteiger partial charge in [-0.2, -0.15) is 12.6 Å². The maximum Gasteiger partial charge on any atom is 0.322 e. The molecule has 0 spiro atoms. The summed E-state index contributed by atoms with van der Waals surface area (Å²) in [6.45, 7) is -0.248. The maximum absolute atomic E-state index is 11.5. The van der Waals surface area contributed by atoms with Crippen LogP contribution in [0.3, 0.4) is 0 Å². The number of guanidine groups is 1. The minimum Gasteiger partial charge on any atom is -0.480 e. The van der Waals surface area contributed by atoms with E-state index in [1.54, 1.807) is 11.9 Å². The summed E-state index contributed by atoms with van der Waals surface area (Å²) in [5.41, 5.74) is 5.23. The summed E-state index contributed by atoms with van der Waals surface area (Å²) in [4.78, 5) is 55.7. The lowest BCUT2D eigenvalue weighted by Gasteiger charge is -2.16. The number of nitrogens with one attached hydrogen (secondary N) is 4. The minimum absolute atomic E-state index is 0.0256. The van der Waals surface area contributed by atoms with Crippen LogP contribution in [0.15, 0.2) is 0 Å². The molecule has 14 heteroatoms. The van der Waals surface area contributed by atoms with Gasteiger partial charge in [-0.25, -0.2) is 0 Å². The Kier molecular flexibility index (Phi) is 11.2. The van der Waals surface area contributed by atoms with Crippen molar-refractivity contribution >= 4 is 48.2 Å². The van der Waals surface area contributed by atoms with E-state index in [1.807, 2.05) is 0 Å². The van der Waals surface area contributed by atoms with Crippen LogP contribution in [-0.2, 0) is 24.0 Å². The van der Waals surface area contributed by atoms with Crippen molar-refractivity contribution in [2.75, 3.05) is 25.9 Å². The molecule has 3 amide bonds. The molecule has 158 valence electrons. The topological polar surface area (TPSA) is 215 Å². The standard InChI is InChI=1S/C10H17N3O6S.C4H7N3O/c11-5(10(18)19)1-2-7(14)13-6(4-20)9(17)12-3-8(15)16;1-7-2-3(8)6-4(7)5/h5-6,20H,1-4,11H2,(H,12,17)(H,13,14)(H,15,16)(H,18,19);2H2,1H3,(H2,5,6,8)/t5-,6-;/m0./s1. The van der Waals surface area contributed by atoms with Crippen molar-refractivity contribution in [2.45, 2.75) is 24.9 Å². The average Bonchev–Trinajstić information content (AvgIpc) is 2.91. The number of rotatable bonds is 9. The first-order valence-electron chi connectivity index (χ1n) is 7.95. The predicted molar refractivity (Wildman–Crippen MR) is 99.8 cm³/mol. The zero-order valence-corrected chi connectivity index (χ0v) is 16.0. The highest BCUT2D eigenvalue weighted by atomic mass is 32.1. The highest BCUT2D eigenvalue weighted by molar-refractivity contribution is 7.80. The third kappa shape index (κ3) is 10.3. The van der Waals surface area contributed by atoms with Crippen LogP contribution in [-0.4, -0.2) is 88.7 Å². The maximum atomic E-state index is 11.5. The Morgan fingerprint density at radius 1 is 1.36 bits per heavy atom. The monoisotopic (exact) mass is 420 g/mol. The molecule has 28 heavy (non-hydrogen) atoms. The normalized spacial score (nSPS) is 14.9. The molecule has 0 radical (unpaired) electrons. The van der Waals surface area contributed by atoms with E-state index in [4.69, 9.17) is 21.4 Å². The number of hydrogen-bond acceptors (Lipinski definition) is 8. The summed E-state index contributed by atoms with van der Waals surface area (Å²) >= 11 is 3.87. The average molecular weight is 420 g/mol. The highest BCUT2D eigenvalue weighted by Crippen LogP contribution is 1.97. The van der Waals surface area contributed by atoms with E-state index in [2.05, 4.69) is 28.6 Å². The van der Waals surface area contributed by atoms with Crippen molar-refractivity contribution in [1.29, 1.82) is 5.41 Å². The summed E-state index contributed by atoms with van der Waals surface area (Å²) in [6, 6.07) is -2.15. The zero-order chi connectivity index (χ0) is 21.9. The fourth-order valence-corrected chi connectivity index (χ4v) is 1.98. The van der Waals surface area contributed by atoms with Gasteiger partial charge in [0.1, 0.15) is 18.6 Å². The summed E-state index contributed by atoms with van der Waals surface area (Å²) in [6.07, 6.45) is -0.235. The van der Waals surface area contributed by atoms with Gasteiger partial charge in [0.25, 0.3) is 0 Å². The molecule has 2 atom stereocenters. The van der Waals surface area contributed by atoms with Gasteiger partial charge in [0, 0.05) is 19.2 Å². The Hall–Kier alpha value is -2.87. The van der Waals surface area contributed by atoms with Gasteiger partial charge in [-0.3, -0.25) is 34.7 Å². The molecular formula is C14H24N6O7S. The summed E-state index contributed by atoms with van der Waals surface area (Å²) < 4.78 is 0. The van der Waals surface area contributed by atoms with Gasteiger partial charge in [-0.1, -0.05) is 0 Å². The van der Waals surface area contributed by atoms with Gasteiger partial charge in [-0.05, 0) is 6.42 Å². The van der Waals surface area contributed by atoms with Crippen molar-refractivity contribution in [3.05, 3.63) is 0 Å². The van der Waals surface area contributed by atoms with E-state index in [0.29, 0.717) is 6.54 Å². The van der Waals surface area contributed by atoms with Crippen LogP contribution in [0.5, 0.6) is 0 Å². The Labute approximate surface area is 165 Å². The van der Waals surface area contributed by atoms with Crippen molar-refractivity contribution in [3.63, 3.8) is 0 Å². The number of carbonyl (C=O) groups is 5. The van der Waals surface area contributed by atoms with Gasteiger partial charge in [0.05, 0.1) is 6.54 Å². The third-order valence-electron chi connectivity index (χ3n) is 3.27. The van der Waals surface area contributed by atoms with E-state index in [1.165, 1.54) is 0 Å². The van der Waals surface area contributed by atoms with Gasteiger partial charge in [0.2, 0.25) is 17.7 Å². The highest BCUT2D eigenvalue weighted by Gasteiger charge is 2.21. The molecule has 0 unspecified atom stereocenters. The number of likely N-dealkylation sites (N-methyl/N-ethyl adjacent to an activating group) is 1. The molecule has 1 aliphatic rings. The zero-order valence-electron chi connectivity index (χ0n) is 15.1. The predicted octanol–water partition coefficient (Wildman–Crippen LogP) is -3.22. The number of aliphatic carboxylic acids is 2. The molecule has 0 aromatic carbocycles.